The molecule has 0 aliphatic heterocycles. The maximum Gasteiger partial charge on any atom is 0.243 e. The van der Waals surface area contributed by atoms with Crippen molar-refractivity contribution in [3.63, 3.8) is 0 Å². The maximum atomic E-state index is 11.1. The molecule has 0 unspecified atom stereocenters. The first-order valence-electron chi connectivity index (χ1n) is 5.07. The predicted molar refractivity (Wildman–Crippen MR) is 54.4 cm³/mol. The molecule has 0 spiro atoms. The summed E-state index contributed by atoms with van der Waals surface area (Å²) in [6, 6.07) is 0. The summed E-state index contributed by atoms with van der Waals surface area (Å²) in [7, 11) is 0. The highest BCUT2D eigenvalue weighted by molar-refractivity contribution is 5.87. The molecule has 1 amide bonds. The molecule has 1 N–H and O–H groups in total. The van der Waals surface area contributed by atoms with Gasteiger partial charge in [-0.25, -0.2) is 0 Å². The summed E-state index contributed by atoms with van der Waals surface area (Å²) in [4.78, 5) is 11.1. The minimum absolute atomic E-state index is 0.0376. The summed E-state index contributed by atoms with van der Waals surface area (Å²) in [5.74, 6) is 0.0376. The first kappa shape index (κ1) is 10.3. The van der Waals surface area contributed by atoms with Crippen LogP contribution in [0.2, 0.25) is 0 Å². The molecular weight excluding hydrogens is 162 g/mol. The van der Waals surface area contributed by atoms with Crippen molar-refractivity contribution in [1.82, 2.24) is 5.32 Å². The molecule has 1 aliphatic carbocycles. The van der Waals surface area contributed by atoms with Gasteiger partial charge in [0.15, 0.2) is 0 Å². The highest BCUT2D eigenvalue weighted by Crippen LogP contribution is 2.36. The Labute approximate surface area is 80.4 Å². The highest BCUT2D eigenvalue weighted by Gasteiger charge is 2.28. The second kappa shape index (κ2) is 4.45. The number of hydrogen-bond donors (Lipinski definition) is 1. The molecule has 0 bridgehead atoms. The lowest BCUT2D eigenvalue weighted by Gasteiger charge is -2.23. The average Bonchev–Trinajstić information content (AvgIpc) is 2.51. The van der Waals surface area contributed by atoms with Crippen LogP contribution in [0.3, 0.4) is 0 Å². The average molecular weight is 181 g/mol. The van der Waals surface area contributed by atoms with Crippen molar-refractivity contribution in [2.75, 3.05) is 6.54 Å². The summed E-state index contributed by atoms with van der Waals surface area (Å²) in [6.07, 6.45) is 8.49. The van der Waals surface area contributed by atoms with Crippen LogP contribution in [0.15, 0.2) is 12.2 Å². The van der Waals surface area contributed by atoms with Crippen molar-refractivity contribution in [3.8, 4) is 0 Å². The fraction of sp³-hybridized carbons (Fsp3) is 0.727. The van der Waals surface area contributed by atoms with E-state index in [2.05, 4.69) is 12.2 Å². The summed E-state index contributed by atoms with van der Waals surface area (Å²) in [5, 5.41) is 2.94. The minimum Gasteiger partial charge on any atom is -0.352 e. The van der Waals surface area contributed by atoms with E-state index in [9.17, 15) is 4.79 Å². The number of allylic oxidation sites excluding steroid dienone is 1. The molecule has 0 radical (unpaired) electrons. The Hall–Kier alpha value is -0.790. The Bertz CT molecular complexity index is 202. The molecule has 2 heteroatoms. The Morgan fingerprint density at radius 3 is 2.62 bits per heavy atom. The molecule has 0 aromatic carbocycles. The lowest BCUT2D eigenvalue weighted by Crippen LogP contribution is -2.32. The number of amides is 1. The standard InChI is InChI=1S/C11H19NO/c1-3-6-10(13)12-9-11(2)7-4-5-8-11/h3,6H,4-5,7-9H2,1-2H3,(H,12,13). The lowest BCUT2D eigenvalue weighted by atomic mass is 9.89. The van der Waals surface area contributed by atoms with E-state index in [-0.39, 0.29) is 5.91 Å². The molecule has 0 saturated heterocycles. The van der Waals surface area contributed by atoms with E-state index in [0.29, 0.717) is 5.41 Å². The molecule has 1 aliphatic rings. The van der Waals surface area contributed by atoms with Gasteiger partial charge in [0.2, 0.25) is 5.91 Å². The molecular formula is C11H19NO. The van der Waals surface area contributed by atoms with Crippen molar-refractivity contribution in [2.45, 2.75) is 39.5 Å². The Balaban J connectivity index is 2.28. The minimum atomic E-state index is 0.0376. The van der Waals surface area contributed by atoms with Gasteiger partial charge in [0, 0.05) is 6.54 Å². The molecule has 2 nitrogen and oxygen atoms in total. The van der Waals surface area contributed by atoms with Gasteiger partial charge in [0.05, 0.1) is 0 Å². The van der Waals surface area contributed by atoms with Crippen LogP contribution < -0.4 is 5.32 Å². The van der Waals surface area contributed by atoms with E-state index in [1.54, 1.807) is 12.2 Å². The third kappa shape index (κ3) is 3.21. The lowest BCUT2D eigenvalue weighted by molar-refractivity contribution is -0.116. The molecule has 0 aromatic heterocycles. The normalized spacial score (nSPS) is 20.8. The van der Waals surface area contributed by atoms with Crippen LogP contribution in [-0.4, -0.2) is 12.5 Å². The molecule has 1 saturated carbocycles. The molecule has 13 heavy (non-hydrogen) atoms. The second-order valence-corrected chi connectivity index (χ2v) is 4.24. The van der Waals surface area contributed by atoms with Gasteiger partial charge in [-0.2, -0.15) is 0 Å². The van der Waals surface area contributed by atoms with Crippen LogP contribution >= 0.6 is 0 Å². The van der Waals surface area contributed by atoms with Crippen LogP contribution in [0.25, 0.3) is 0 Å². The summed E-state index contributed by atoms with van der Waals surface area (Å²) < 4.78 is 0. The van der Waals surface area contributed by atoms with Gasteiger partial charge in [-0.15, -0.1) is 0 Å². The molecule has 0 atom stereocenters. The topological polar surface area (TPSA) is 29.1 Å². The van der Waals surface area contributed by atoms with Crippen LogP contribution in [0, 0.1) is 5.41 Å². The zero-order chi connectivity index (χ0) is 9.73. The quantitative estimate of drug-likeness (QED) is 0.665. The highest BCUT2D eigenvalue weighted by atomic mass is 16.1. The van der Waals surface area contributed by atoms with Gasteiger partial charge < -0.3 is 5.32 Å². The van der Waals surface area contributed by atoms with Crippen LogP contribution in [0.4, 0.5) is 0 Å². The summed E-state index contributed by atoms with van der Waals surface area (Å²) >= 11 is 0. The van der Waals surface area contributed by atoms with E-state index in [1.807, 2.05) is 6.92 Å². The number of rotatable bonds is 3. The number of carbonyl (C=O) groups is 1. The SMILES string of the molecule is CC=CC(=O)NCC1(C)CCCC1. The Morgan fingerprint density at radius 1 is 1.46 bits per heavy atom. The van der Waals surface area contributed by atoms with Crippen LogP contribution in [0.5, 0.6) is 0 Å². The van der Waals surface area contributed by atoms with Gasteiger partial charge in [-0.1, -0.05) is 25.8 Å². The monoisotopic (exact) mass is 181 g/mol. The third-order valence-electron chi connectivity index (χ3n) is 2.82. The molecule has 0 heterocycles. The van der Waals surface area contributed by atoms with Gasteiger partial charge >= 0.3 is 0 Å². The molecule has 74 valence electrons. The van der Waals surface area contributed by atoms with Gasteiger partial charge in [-0.3, -0.25) is 4.79 Å². The van der Waals surface area contributed by atoms with Crippen molar-refractivity contribution >= 4 is 5.91 Å². The van der Waals surface area contributed by atoms with E-state index in [4.69, 9.17) is 0 Å². The van der Waals surface area contributed by atoms with Gasteiger partial charge in [0.1, 0.15) is 0 Å². The molecule has 1 fully saturated rings. The number of nitrogens with one attached hydrogen (secondary N) is 1. The first-order valence-corrected chi connectivity index (χ1v) is 5.07. The van der Waals surface area contributed by atoms with Crippen molar-refractivity contribution in [2.24, 2.45) is 5.41 Å². The van der Waals surface area contributed by atoms with Crippen molar-refractivity contribution in [1.29, 1.82) is 0 Å². The van der Waals surface area contributed by atoms with Crippen LogP contribution in [0.1, 0.15) is 39.5 Å². The van der Waals surface area contributed by atoms with E-state index in [1.165, 1.54) is 25.7 Å². The first-order chi connectivity index (χ1) is 6.16. The predicted octanol–water partition coefficient (Wildman–Crippen LogP) is 2.26. The third-order valence-corrected chi connectivity index (χ3v) is 2.82. The van der Waals surface area contributed by atoms with E-state index >= 15 is 0 Å². The van der Waals surface area contributed by atoms with Crippen molar-refractivity contribution in [3.05, 3.63) is 12.2 Å². The largest absolute Gasteiger partial charge is 0.352 e. The second-order valence-electron chi connectivity index (χ2n) is 4.24. The summed E-state index contributed by atoms with van der Waals surface area (Å²) in [6.45, 7) is 4.95. The molecule has 1 rings (SSSR count). The summed E-state index contributed by atoms with van der Waals surface area (Å²) in [5.41, 5.74) is 0.358. The molecule has 0 aromatic rings. The number of carbonyl (C=O) groups excluding carboxylic acids is 1. The fourth-order valence-corrected chi connectivity index (χ4v) is 1.92. The fourth-order valence-electron chi connectivity index (χ4n) is 1.92. The van der Waals surface area contributed by atoms with Gasteiger partial charge in [0.25, 0.3) is 0 Å². The van der Waals surface area contributed by atoms with Gasteiger partial charge in [-0.05, 0) is 31.3 Å². The van der Waals surface area contributed by atoms with E-state index in [0.717, 1.165) is 6.54 Å². The smallest absolute Gasteiger partial charge is 0.243 e. The Kier molecular flexibility index (Phi) is 3.52. The van der Waals surface area contributed by atoms with Crippen molar-refractivity contribution < 1.29 is 4.79 Å². The number of hydrogen-bond acceptors (Lipinski definition) is 1. The maximum absolute atomic E-state index is 11.1. The van der Waals surface area contributed by atoms with Crippen LogP contribution in [-0.2, 0) is 4.79 Å². The van der Waals surface area contributed by atoms with E-state index < -0.39 is 0 Å². The zero-order valence-electron chi connectivity index (χ0n) is 8.60. The Morgan fingerprint density at radius 2 is 2.08 bits per heavy atom. The zero-order valence-corrected chi connectivity index (χ0v) is 8.60.